The molecule has 1 N–H and O–H groups in total. The number of aliphatic hydroxyl groups is 1. The molecule has 0 saturated carbocycles. The summed E-state index contributed by atoms with van der Waals surface area (Å²) in [4.78, 5) is 4.16. The fourth-order valence-corrected chi connectivity index (χ4v) is 2.20. The standard InChI is InChI=1S/C12H13NOS/c14-11(9-12-13-6-7-15-12)8-10-4-2-1-3-5-10/h1-7,11,14H,8-9H2. The molecular weight excluding hydrogens is 206 g/mol. The van der Waals surface area contributed by atoms with Crippen LogP contribution >= 0.6 is 11.3 Å². The second-order valence-corrected chi connectivity index (χ2v) is 4.45. The largest absolute Gasteiger partial charge is 0.392 e. The van der Waals surface area contributed by atoms with E-state index in [4.69, 9.17) is 0 Å². The Labute approximate surface area is 93.2 Å². The van der Waals surface area contributed by atoms with Crippen LogP contribution in [0, 0.1) is 0 Å². The van der Waals surface area contributed by atoms with E-state index in [0.29, 0.717) is 12.8 Å². The Kier molecular flexibility index (Phi) is 3.48. The Bertz CT molecular complexity index is 385. The van der Waals surface area contributed by atoms with Gasteiger partial charge in [-0.25, -0.2) is 4.98 Å². The van der Waals surface area contributed by atoms with Gasteiger partial charge in [0.25, 0.3) is 0 Å². The molecule has 3 heteroatoms. The third kappa shape index (κ3) is 3.15. The SMILES string of the molecule is OC(Cc1ccccc1)Cc1nccs1. The highest BCUT2D eigenvalue weighted by atomic mass is 32.1. The molecule has 0 aliphatic heterocycles. The highest BCUT2D eigenvalue weighted by Crippen LogP contribution is 2.10. The van der Waals surface area contributed by atoms with Crippen LogP contribution in [0.2, 0.25) is 0 Å². The summed E-state index contributed by atoms with van der Waals surface area (Å²) in [5, 5.41) is 12.8. The van der Waals surface area contributed by atoms with Gasteiger partial charge in [0, 0.05) is 18.0 Å². The molecule has 1 atom stereocenters. The van der Waals surface area contributed by atoms with Gasteiger partial charge in [-0.15, -0.1) is 11.3 Å². The van der Waals surface area contributed by atoms with E-state index >= 15 is 0 Å². The average molecular weight is 219 g/mol. The van der Waals surface area contributed by atoms with Crippen molar-refractivity contribution in [3.05, 3.63) is 52.5 Å². The molecule has 15 heavy (non-hydrogen) atoms. The Morgan fingerprint density at radius 1 is 1.20 bits per heavy atom. The zero-order valence-corrected chi connectivity index (χ0v) is 9.15. The van der Waals surface area contributed by atoms with Crippen molar-refractivity contribution in [2.24, 2.45) is 0 Å². The van der Waals surface area contributed by atoms with Crippen molar-refractivity contribution in [3.63, 3.8) is 0 Å². The van der Waals surface area contributed by atoms with Gasteiger partial charge in [-0.3, -0.25) is 0 Å². The third-order valence-corrected chi connectivity index (χ3v) is 3.01. The van der Waals surface area contributed by atoms with Crippen molar-refractivity contribution in [1.29, 1.82) is 0 Å². The Balaban J connectivity index is 1.90. The molecule has 78 valence electrons. The molecule has 1 aromatic carbocycles. The Morgan fingerprint density at radius 2 is 2.00 bits per heavy atom. The maximum absolute atomic E-state index is 9.84. The lowest BCUT2D eigenvalue weighted by Crippen LogP contribution is -2.13. The molecule has 0 aliphatic carbocycles. The molecule has 2 nitrogen and oxygen atoms in total. The third-order valence-electron chi connectivity index (χ3n) is 2.21. The van der Waals surface area contributed by atoms with Crippen LogP contribution in [0.4, 0.5) is 0 Å². The number of benzene rings is 1. The van der Waals surface area contributed by atoms with E-state index in [1.807, 2.05) is 35.7 Å². The normalized spacial score (nSPS) is 12.6. The van der Waals surface area contributed by atoms with Crippen molar-refractivity contribution >= 4 is 11.3 Å². The van der Waals surface area contributed by atoms with Crippen molar-refractivity contribution in [3.8, 4) is 0 Å². The van der Waals surface area contributed by atoms with Crippen LogP contribution in [-0.4, -0.2) is 16.2 Å². The van der Waals surface area contributed by atoms with Crippen molar-refractivity contribution in [2.45, 2.75) is 18.9 Å². The Morgan fingerprint density at radius 3 is 2.67 bits per heavy atom. The van der Waals surface area contributed by atoms with E-state index in [9.17, 15) is 5.11 Å². The average Bonchev–Trinajstić information content (AvgIpc) is 2.71. The summed E-state index contributed by atoms with van der Waals surface area (Å²) < 4.78 is 0. The van der Waals surface area contributed by atoms with Crippen LogP contribution in [-0.2, 0) is 12.8 Å². The van der Waals surface area contributed by atoms with E-state index < -0.39 is 0 Å². The van der Waals surface area contributed by atoms with Crippen molar-refractivity contribution < 1.29 is 5.11 Å². The van der Waals surface area contributed by atoms with Crippen molar-refractivity contribution in [2.75, 3.05) is 0 Å². The number of nitrogens with zero attached hydrogens (tertiary/aromatic N) is 1. The second kappa shape index (κ2) is 5.05. The predicted octanol–water partition coefficient (Wildman–Crippen LogP) is 2.29. The van der Waals surface area contributed by atoms with E-state index in [1.54, 1.807) is 17.5 Å². The molecule has 0 amide bonds. The molecule has 0 spiro atoms. The molecule has 0 radical (unpaired) electrons. The number of hydrogen-bond donors (Lipinski definition) is 1. The minimum absolute atomic E-state index is 0.335. The monoisotopic (exact) mass is 219 g/mol. The predicted molar refractivity (Wildman–Crippen MR) is 62.0 cm³/mol. The lowest BCUT2D eigenvalue weighted by molar-refractivity contribution is 0.175. The molecule has 0 fully saturated rings. The summed E-state index contributed by atoms with van der Waals surface area (Å²) in [6.45, 7) is 0. The zero-order chi connectivity index (χ0) is 10.5. The van der Waals surface area contributed by atoms with E-state index in [-0.39, 0.29) is 6.10 Å². The van der Waals surface area contributed by atoms with Crippen LogP contribution in [0.3, 0.4) is 0 Å². The summed E-state index contributed by atoms with van der Waals surface area (Å²) in [5.41, 5.74) is 1.17. The summed E-state index contributed by atoms with van der Waals surface area (Å²) >= 11 is 1.59. The van der Waals surface area contributed by atoms with Gasteiger partial charge in [0.1, 0.15) is 0 Å². The topological polar surface area (TPSA) is 33.1 Å². The van der Waals surface area contributed by atoms with Gasteiger partial charge in [-0.05, 0) is 12.0 Å². The second-order valence-electron chi connectivity index (χ2n) is 3.47. The number of aliphatic hydroxyl groups excluding tert-OH is 1. The molecule has 1 aromatic heterocycles. The summed E-state index contributed by atoms with van der Waals surface area (Å²) in [6.07, 6.45) is 2.78. The first-order valence-corrected chi connectivity index (χ1v) is 5.83. The first kappa shape index (κ1) is 10.3. The molecule has 2 aromatic rings. The van der Waals surface area contributed by atoms with Gasteiger partial charge < -0.3 is 5.11 Å². The number of hydrogen-bond acceptors (Lipinski definition) is 3. The molecule has 2 rings (SSSR count). The summed E-state index contributed by atoms with van der Waals surface area (Å²) in [7, 11) is 0. The number of aromatic nitrogens is 1. The molecule has 1 heterocycles. The van der Waals surface area contributed by atoms with Gasteiger partial charge in [-0.1, -0.05) is 30.3 Å². The zero-order valence-electron chi connectivity index (χ0n) is 8.34. The highest BCUT2D eigenvalue weighted by Gasteiger charge is 2.07. The number of rotatable bonds is 4. The van der Waals surface area contributed by atoms with Crippen LogP contribution in [0.25, 0.3) is 0 Å². The van der Waals surface area contributed by atoms with Gasteiger partial charge >= 0.3 is 0 Å². The van der Waals surface area contributed by atoms with Crippen LogP contribution in [0.15, 0.2) is 41.9 Å². The maximum atomic E-state index is 9.84. The van der Waals surface area contributed by atoms with Crippen LogP contribution in [0.1, 0.15) is 10.6 Å². The summed E-state index contributed by atoms with van der Waals surface area (Å²) in [6, 6.07) is 10.0. The van der Waals surface area contributed by atoms with Gasteiger partial charge in [0.2, 0.25) is 0 Å². The first-order valence-electron chi connectivity index (χ1n) is 4.95. The minimum atomic E-state index is -0.335. The molecule has 0 saturated heterocycles. The smallest absolute Gasteiger partial charge is 0.0950 e. The van der Waals surface area contributed by atoms with Gasteiger partial charge in [-0.2, -0.15) is 0 Å². The Hall–Kier alpha value is -1.19. The molecule has 0 aliphatic rings. The van der Waals surface area contributed by atoms with Crippen molar-refractivity contribution in [1.82, 2.24) is 4.98 Å². The highest BCUT2D eigenvalue weighted by molar-refractivity contribution is 7.09. The lowest BCUT2D eigenvalue weighted by atomic mass is 10.1. The van der Waals surface area contributed by atoms with Gasteiger partial charge in [0.15, 0.2) is 0 Å². The molecular formula is C12H13NOS. The fraction of sp³-hybridized carbons (Fsp3) is 0.250. The van der Waals surface area contributed by atoms with E-state index in [2.05, 4.69) is 4.98 Å². The quantitative estimate of drug-likeness (QED) is 0.856. The number of thiazole rings is 1. The fourth-order valence-electron chi connectivity index (χ4n) is 1.51. The van der Waals surface area contributed by atoms with Crippen LogP contribution < -0.4 is 0 Å². The first-order chi connectivity index (χ1) is 7.34. The minimum Gasteiger partial charge on any atom is -0.392 e. The molecule has 1 unspecified atom stereocenters. The lowest BCUT2D eigenvalue weighted by Gasteiger charge is -2.08. The van der Waals surface area contributed by atoms with E-state index in [1.165, 1.54) is 5.56 Å². The molecule has 0 bridgehead atoms. The van der Waals surface area contributed by atoms with E-state index in [0.717, 1.165) is 5.01 Å². The maximum Gasteiger partial charge on any atom is 0.0950 e. The summed E-state index contributed by atoms with van der Waals surface area (Å²) in [5.74, 6) is 0. The van der Waals surface area contributed by atoms with Gasteiger partial charge in [0.05, 0.1) is 11.1 Å². The van der Waals surface area contributed by atoms with Crippen LogP contribution in [0.5, 0.6) is 0 Å².